The predicted molar refractivity (Wildman–Crippen MR) is 274 cm³/mol. The molecule has 0 saturated heterocycles. The largest absolute Gasteiger partial charge is 0.462 e. The first-order valence-corrected chi connectivity index (χ1v) is 26.6. The molecule has 6 heteroatoms. The van der Waals surface area contributed by atoms with E-state index < -0.39 is 6.10 Å². The number of esters is 3. The Morgan fingerprint density at radius 1 is 0.312 bits per heavy atom. The Morgan fingerprint density at radius 3 is 0.938 bits per heavy atom. The number of ether oxygens (including phenoxy) is 3. The molecule has 64 heavy (non-hydrogen) atoms. The number of hydrogen-bond donors (Lipinski definition) is 0. The Labute approximate surface area is 395 Å². The van der Waals surface area contributed by atoms with Crippen molar-refractivity contribution in [3.05, 3.63) is 85.1 Å². The summed E-state index contributed by atoms with van der Waals surface area (Å²) in [5.41, 5.74) is 0. The molecule has 0 spiro atoms. The second-order valence-corrected chi connectivity index (χ2v) is 17.4. The molecular weight excluding hydrogens is 793 g/mol. The van der Waals surface area contributed by atoms with Gasteiger partial charge in [-0.3, -0.25) is 14.4 Å². The molecule has 0 aromatic carbocycles. The minimum atomic E-state index is -0.808. The van der Waals surface area contributed by atoms with Crippen LogP contribution >= 0.6 is 0 Å². The third kappa shape index (κ3) is 49.6. The zero-order valence-corrected chi connectivity index (χ0v) is 41.8. The average Bonchev–Trinajstić information content (AvgIpc) is 3.29. The van der Waals surface area contributed by atoms with Crippen LogP contribution in [0.25, 0.3) is 0 Å². The summed E-state index contributed by atoms with van der Waals surface area (Å²) in [5.74, 6) is -0.971. The van der Waals surface area contributed by atoms with Crippen LogP contribution < -0.4 is 0 Å². The van der Waals surface area contributed by atoms with Gasteiger partial charge in [0.15, 0.2) is 6.10 Å². The van der Waals surface area contributed by atoms with Gasteiger partial charge in [-0.2, -0.15) is 0 Å². The van der Waals surface area contributed by atoms with E-state index in [1.165, 1.54) is 109 Å². The molecule has 0 aromatic rings. The lowest BCUT2D eigenvalue weighted by molar-refractivity contribution is -0.167. The average molecular weight is 891 g/mol. The Bertz CT molecular complexity index is 1250. The number of allylic oxidation sites excluding steroid dienone is 14. The SMILES string of the molecule is CCCCC/C=C\C/C=C\C/C=C\C/C=C\CCCCCC(=O)OC[C@H](COC(=O)CCCCCCCCCCCCCC)OC(=O)CCCC/C=C\C/C=C\C/C=C\CCCCC. The Balaban J connectivity index is 4.49. The lowest BCUT2D eigenvalue weighted by Crippen LogP contribution is -2.30. The van der Waals surface area contributed by atoms with Crippen LogP contribution in [0.1, 0.15) is 245 Å². The maximum Gasteiger partial charge on any atom is 0.306 e. The van der Waals surface area contributed by atoms with Crippen molar-refractivity contribution in [2.24, 2.45) is 0 Å². The molecule has 0 saturated carbocycles. The van der Waals surface area contributed by atoms with Crippen molar-refractivity contribution in [1.82, 2.24) is 0 Å². The van der Waals surface area contributed by atoms with Gasteiger partial charge in [0.25, 0.3) is 0 Å². The molecule has 0 aromatic heterocycles. The van der Waals surface area contributed by atoms with Gasteiger partial charge in [0.05, 0.1) is 0 Å². The zero-order chi connectivity index (χ0) is 46.5. The summed E-state index contributed by atoms with van der Waals surface area (Å²) >= 11 is 0. The van der Waals surface area contributed by atoms with Gasteiger partial charge in [-0.15, -0.1) is 0 Å². The fourth-order valence-electron chi connectivity index (χ4n) is 7.08. The number of hydrogen-bond acceptors (Lipinski definition) is 6. The van der Waals surface area contributed by atoms with E-state index in [9.17, 15) is 14.4 Å². The van der Waals surface area contributed by atoms with Gasteiger partial charge in [-0.05, 0) is 103 Å². The van der Waals surface area contributed by atoms with Crippen molar-refractivity contribution >= 4 is 17.9 Å². The van der Waals surface area contributed by atoms with Crippen LogP contribution in [0.3, 0.4) is 0 Å². The summed E-state index contributed by atoms with van der Waals surface area (Å²) in [6.45, 7) is 6.52. The van der Waals surface area contributed by atoms with Crippen molar-refractivity contribution in [3.63, 3.8) is 0 Å². The summed E-state index contributed by atoms with van der Waals surface area (Å²) < 4.78 is 16.7. The highest BCUT2D eigenvalue weighted by atomic mass is 16.6. The molecule has 0 aliphatic rings. The van der Waals surface area contributed by atoms with Crippen LogP contribution in [0, 0.1) is 0 Å². The molecule has 0 unspecified atom stereocenters. The Hall–Kier alpha value is -3.41. The molecule has 366 valence electrons. The molecule has 0 fully saturated rings. The first kappa shape index (κ1) is 60.6. The Kier molecular flexibility index (Phi) is 49.4. The van der Waals surface area contributed by atoms with Crippen molar-refractivity contribution in [3.8, 4) is 0 Å². The lowest BCUT2D eigenvalue weighted by atomic mass is 10.0. The van der Waals surface area contributed by atoms with Gasteiger partial charge in [-0.25, -0.2) is 0 Å². The van der Waals surface area contributed by atoms with Gasteiger partial charge in [0.2, 0.25) is 0 Å². The smallest absolute Gasteiger partial charge is 0.306 e. The van der Waals surface area contributed by atoms with E-state index in [4.69, 9.17) is 14.2 Å². The number of carbonyl (C=O) groups excluding carboxylic acids is 3. The van der Waals surface area contributed by atoms with Crippen LogP contribution in [0.4, 0.5) is 0 Å². The van der Waals surface area contributed by atoms with Crippen LogP contribution in [0.5, 0.6) is 0 Å². The highest BCUT2D eigenvalue weighted by Gasteiger charge is 2.19. The molecule has 0 radical (unpaired) electrons. The molecule has 0 aliphatic carbocycles. The quantitative estimate of drug-likeness (QED) is 0.0262. The highest BCUT2D eigenvalue weighted by molar-refractivity contribution is 5.71. The van der Waals surface area contributed by atoms with E-state index in [0.29, 0.717) is 19.3 Å². The fraction of sp³-hybridized carbons (Fsp3) is 0.707. The van der Waals surface area contributed by atoms with E-state index in [-0.39, 0.29) is 37.5 Å². The van der Waals surface area contributed by atoms with Gasteiger partial charge in [0.1, 0.15) is 13.2 Å². The highest BCUT2D eigenvalue weighted by Crippen LogP contribution is 2.14. The zero-order valence-electron chi connectivity index (χ0n) is 41.8. The number of carbonyl (C=O) groups is 3. The summed E-state index contributed by atoms with van der Waals surface area (Å²) in [5, 5.41) is 0. The molecule has 0 aliphatic heterocycles. The lowest BCUT2D eigenvalue weighted by Gasteiger charge is -2.18. The van der Waals surface area contributed by atoms with E-state index in [0.717, 1.165) is 89.9 Å². The Morgan fingerprint density at radius 2 is 0.562 bits per heavy atom. The summed E-state index contributed by atoms with van der Waals surface area (Å²) in [7, 11) is 0. The van der Waals surface area contributed by atoms with E-state index in [2.05, 4.69) is 106 Å². The second-order valence-electron chi connectivity index (χ2n) is 17.4. The predicted octanol–water partition coefficient (Wildman–Crippen LogP) is 17.6. The van der Waals surface area contributed by atoms with Crippen molar-refractivity contribution in [1.29, 1.82) is 0 Å². The number of unbranched alkanes of at least 4 members (excludes halogenated alkanes) is 22. The van der Waals surface area contributed by atoms with Gasteiger partial charge in [-0.1, -0.05) is 209 Å². The molecule has 0 N–H and O–H groups in total. The van der Waals surface area contributed by atoms with Gasteiger partial charge < -0.3 is 14.2 Å². The molecule has 1 atom stereocenters. The monoisotopic (exact) mass is 891 g/mol. The molecule has 6 nitrogen and oxygen atoms in total. The molecule has 0 bridgehead atoms. The molecule has 0 heterocycles. The van der Waals surface area contributed by atoms with Gasteiger partial charge in [0, 0.05) is 19.3 Å². The maximum atomic E-state index is 12.8. The standard InChI is InChI=1S/C58H98O6/c1-4-7-10-13-16-19-22-25-27-28-29-30-32-33-36-39-42-45-48-51-57(60)63-54-55(53-62-56(59)50-47-44-41-38-35-24-21-18-15-12-9-6-3)64-58(61)52-49-46-43-40-37-34-31-26-23-20-17-14-11-8-5-2/h16-17,19-20,25-27,29-31,33,36-37,40,55H,4-15,18,21-24,28,32,34-35,38-39,41-54H2,1-3H3/b19-16-,20-17-,27-25-,30-29-,31-26-,36-33-,40-37-/t55-/m0/s1. The van der Waals surface area contributed by atoms with Crippen LogP contribution in [0.15, 0.2) is 85.1 Å². The minimum Gasteiger partial charge on any atom is -0.462 e. The van der Waals surface area contributed by atoms with E-state index in [1.807, 2.05) is 0 Å². The van der Waals surface area contributed by atoms with Crippen LogP contribution in [-0.2, 0) is 28.6 Å². The van der Waals surface area contributed by atoms with Crippen molar-refractivity contribution in [2.75, 3.05) is 13.2 Å². The van der Waals surface area contributed by atoms with Crippen molar-refractivity contribution < 1.29 is 28.6 Å². The van der Waals surface area contributed by atoms with Gasteiger partial charge >= 0.3 is 17.9 Å². The third-order valence-electron chi connectivity index (χ3n) is 11.1. The summed E-state index contributed by atoms with van der Waals surface area (Å²) in [6, 6.07) is 0. The first-order valence-electron chi connectivity index (χ1n) is 26.6. The molecule has 0 amide bonds. The van der Waals surface area contributed by atoms with E-state index >= 15 is 0 Å². The normalized spacial score (nSPS) is 12.7. The fourth-order valence-corrected chi connectivity index (χ4v) is 7.08. The summed E-state index contributed by atoms with van der Waals surface area (Å²) in [4.78, 5) is 38.0. The molecular formula is C58H98O6. The van der Waals surface area contributed by atoms with E-state index in [1.54, 1.807) is 0 Å². The van der Waals surface area contributed by atoms with Crippen LogP contribution in [-0.4, -0.2) is 37.2 Å². The first-order chi connectivity index (χ1) is 31.5. The third-order valence-corrected chi connectivity index (χ3v) is 11.1. The topological polar surface area (TPSA) is 78.9 Å². The maximum absolute atomic E-state index is 12.8. The number of rotatable bonds is 47. The summed E-state index contributed by atoms with van der Waals surface area (Å²) in [6.07, 6.45) is 67.1. The molecule has 0 rings (SSSR count). The van der Waals surface area contributed by atoms with Crippen molar-refractivity contribution in [2.45, 2.75) is 252 Å². The van der Waals surface area contributed by atoms with Crippen LogP contribution in [0.2, 0.25) is 0 Å². The minimum absolute atomic E-state index is 0.101. The second kappa shape index (κ2) is 52.2.